The number of fused-ring (bicyclic) bond motifs is 2. The monoisotopic (exact) mass is 371 g/mol. The van der Waals surface area contributed by atoms with Crippen LogP contribution in [0.15, 0.2) is 18.3 Å². The van der Waals surface area contributed by atoms with E-state index in [4.69, 9.17) is 0 Å². The first-order valence-corrected chi connectivity index (χ1v) is 10.1. The number of piperidine rings is 1. The van der Waals surface area contributed by atoms with Gasteiger partial charge in [-0.25, -0.2) is 9.78 Å². The summed E-state index contributed by atoms with van der Waals surface area (Å²) in [5.41, 5.74) is 0.314. The van der Waals surface area contributed by atoms with Crippen LogP contribution in [0.2, 0.25) is 0 Å². The number of hydrogen-bond donors (Lipinski definition) is 1. The summed E-state index contributed by atoms with van der Waals surface area (Å²) in [5.74, 6) is 1.35. The van der Waals surface area contributed by atoms with Crippen molar-refractivity contribution in [3.05, 3.63) is 23.9 Å². The maximum atomic E-state index is 12.2. The summed E-state index contributed by atoms with van der Waals surface area (Å²) < 4.78 is 0. The average Bonchev–Trinajstić information content (AvgIpc) is 3.39. The van der Waals surface area contributed by atoms with Crippen molar-refractivity contribution < 1.29 is 14.7 Å². The number of amides is 1. The Labute approximate surface area is 160 Å². The Morgan fingerprint density at radius 3 is 2.19 bits per heavy atom. The van der Waals surface area contributed by atoms with Crippen molar-refractivity contribution in [3.8, 4) is 0 Å². The fourth-order valence-corrected chi connectivity index (χ4v) is 4.99. The van der Waals surface area contributed by atoms with Gasteiger partial charge in [-0.3, -0.25) is 4.79 Å². The van der Waals surface area contributed by atoms with Crippen LogP contribution in [0.5, 0.6) is 0 Å². The maximum absolute atomic E-state index is 12.2. The number of aromatic nitrogens is 1. The molecule has 27 heavy (non-hydrogen) atoms. The second kappa shape index (κ2) is 6.50. The van der Waals surface area contributed by atoms with Crippen molar-refractivity contribution >= 4 is 17.7 Å². The van der Waals surface area contributed by atoms with Crippen LogP contribution in [-0.2, 0) is 0 Å². The van der Waals surface area contributed by atoms with Gasteiger partial charge < -0.3 is 14.9 Å². The van der Waals surface area contributed by atoms with Crippen molar-refractivity contribution in [3.63, 3.8) is 0 Å². The van der Waals surface area contributed by atoms with Gasteiger partial charge in [-0.05, 0) is 71.4 Å². The SMILES string of the molecule is CC(C)(C)N(C(=O)O)[C@H]1C[C@H]2CC[C@@H](C1)N2c1ccc(C(=O)C2CC2)cn1. The number of nitrogens with zero attached hydrogens (tertiary/aromatic N) is 3. The summed E-state index contributed by atoms with van der Waals surface area (Å²) in [6.45, 7) is 5.89. The van der Waals surface area contributed by atoms with Gasteiger partial charge in [0, 0.05) is 41.3 Å². The quantitative estimate of drug-likeness (QED) is 0.811. The number of ketones is 1. The zero-order valence-corrected chi connectivity index (χ0v) is 16.4. The van der Waals surface area contributed by atoms with Crippen LogP contribution in [0.3, 0.4) is 0 Å². The van der Waals surface area contributed by atoms with E-state index in [0.717, 1.165) is 44.3 Å². The van der Waals surface area contributed by atoms with Crippen molar-refractivity contribution in [2.45, 2.75) is 83.0 Å². The Hall–Kier alpha value is -2.11. The summed E-state index contributed by atoms with van der Waals surface area (Å²) in [6.07, 6.45) is 6.72. The molecule has 146 valence electrons. The molecule has 3 aliphatic rings. The van der Waals surface area contributed by atoms with Gasteiger partial charge in [0.1, 0.15) is 5.82 Å². The van der Waals surface area contributed by atoms with Gasteiger partial charge in [-0.15, -0.1) is 0 Å². The van der Waals surface area contributed by atoms with Crippen LogP contribution in [0, 0.1) is 5.92 Å². The van der Waals surface area contributed by atoms with Gasteiger partial charge >= 0.3 is 6.09 Å². The molecule has 1 aliphatic carbocycles. The molecule has 6 heteroatoms. The zero-order chi connectivity index (χ0) is 19.3. The van der Waals surface area contributed by atoms with Gasteiger partial charge in [0.2, 0.25) is 0 Å². The van der Waals surface area contributed by atoms with Gasteiger partial charge in [0.05, 0.1) is 0 Å². The summed E-state index contributed by atoms with van der Waals surface area (Å²) >= 11 is 0. The molecule has 1 N–H and O–H groups in total. The first-order valence-electron chi connectivity index (χ1n) is 10.1. The van der Waals surface area contributed by atoms with Crippen molar-refractivity contribution in [2.24, 2.45) is 5.92 Å². The van der Waals surface area contributed by atoms with Crippen LogP contribution in [-0.4, -0.2) is 50.5 Å². The minimum absolute atomic E-state index is 0.0481. The van der Waals surface area contributed by atoms with E-state index in [1.807, 2.05) is 32.9 Å². The highest BCUT2D eigenvalue weighted by atomic mass is 16.4. The second-order valence-corrected chi connectivity index (χ2v) is 9.28. The molecular weight excluding hydrogens is 342 g/mol. The third kappa shape index (κ3) is 3.42. The Bertz CT molecular complexity index is 722. The number of carboxylic acid groups (broad SMARTS) is 1. The number of hydrogen-bond acceptors (Lipinski definition) is 4. The van der Waals surface area contributed by atoms with E-state index in [1.165, 1.54) is 0 Å². The van der Waals surface area contributed by atoms with E-state index in [0.29, 0.717) is 17.6 Å². The van der Waals surface area contributed by atoms with E-state index < -0.39 is 11.6 Å². The first-order chi connectivity index (χ1) is 12.8. The molecule has 2 aliphatic heterocycles. The van der Waals surface area contributed by atoms with Crippen LogP contribution in [0.1, 0.15) is 69.7 Å². The summed E-state index contributed by atoms with van der Waals surface area (Å²) in [7, 11) is 0. The fourth-order valence-electron chi connectivity index (χ4n) is 4.99. The molecule has 4 rings (SSSR count). The summed E-state index contributed by atoms with van der Waals surface area (Å²) in [6, 6.07) is 4.56. The number of carbonyl (C=O) groups excluding carboxylic acids is 1. The van der Waals surface area contributed by atoms with E-state index in [9.17, 15) is 14.7 Å². The molecule has 1 aromatic heterocycles. The number of carbonyl (C=O) groups is 2. The van der Waals surface area contributed by atoms with E-state index in [-0.39, 0.29) is 17.7 Å². The van der Waals surface area contributed by atoms with Crippen molar-refractivity contribution in [2.75, 3.05) is 4.90 Å². The Morgan fingerprint density at radius 1 is 1.11 bits per heavy atom. The Balaban J connectivity index is 1.51. The number of Topliss-reactive ketones (excluding diaryl/α,β-unsaturated/α-hetero) is 1. The lowest BCUT2D eigenvalue weighted by Gasteiger charge is -2.47. The highest BCUT2D eigenvalue weighted by molar-refractivity contribution is 5.99. The van der Waals surface area contributed by atoms with E-state index in [2.05, 4.69) is 9.88 Å². The number of rotatable bonds is 4. The smallest absolute Gasteiger partial charge is 0.407 e. The molecule has 2 saturated heterocycles. The summed E-state index contributed by atoms with van der Waals surface area (Å²) in [5, 5.41) is 9.74. The molecule has 3 heterocycles. The number of anilines is 1. The zero-order valence-electron chi connectivity index (χ0n) is 16.4. The lowest BCUT2D eigenvalue weighted by molar-refractivity contribution is 0.0558. The van der Waals surface area contributed by atoms with Gasteiger partial charge in [0.15, 0.2) is 5.78 Å². The molecule has 1 amide bonds. The molecule has 0 aromatic carbocycles. The molecule has 3 atom stereocenters. The van der Waals surface area contributed by atoms with E-state index in [1.54, 1.807) is 11.1 Å². The van der Waals surface area contributed by atoms with Crippen LogP contribution >= 0.6 is 0 Å². The topological polar surface area (TPSA) is 73.7 Å². The lowest BCUT2D eigenvalue weighted by Crippen LogP contribution is -2.57. The predicted octanol–water partition coefficient (Wildman–Crippen LogP) is 3.95. The predicted molar refractivity (Wildman–Crippen MR) is 103 cm³/mol. The molecule has 0 spiro atoms. The highest BCUT2D eigenvalue weighted by Gasteiger charge is 2.46. The second-order valence-electron chi connectivity index (χ2n) is 9.28. The normalized spacial score (nSPS) is 27.5. The largest absolute Gasteiger partial charge is 0.465 e. The minimum atomic E-state index is -0.832. The first kappa shape index (κ1) is 18.3. The van der Waals surface area contributed by atoms with Crippen LogP contribution in [0.25, 0.3) is 0 Å². The van der Waals surface area contributed by atoms with Crippen molar-refractivity contribution in [1.82, 2.24) is 9.88 Å². The molecule has 0 unspecified atom stereocenters. The fraction of sp³-hybridized carbons (Fsp3) is 0.667. The van der Waals surface area contributed by atoms with Gasteiger partial charge in [0.25, 0.3) is 0 Å². The maximum Gasteiger partial charge on any atom is 0.407 e. The molecular formula is C21H29N3O3. The van der Waals surface area contributed by atoms with E-state index >= 15 is 0 Å². The van der Waals surface area contributed by atoms with Crippen LogP contribution < -0.4 is 4.90 Å². The Kier molecular flexibility index (Phi) is 4.40. The lowest BCUT2D eigenvalue weighted by atomic mass is 9.92. The third-order valence-electron chi connectivity index (χ3n) is 6.25. The minimum Gasteiger partial charge on any atom is -0.465 e. The molecule has 0 radical (unpaired) electrons. The van der Waals surface area contributed by atoms with Crippen molar-refractivity contribution in [1.29, 1.82) is 0 Å². The third-order valence-corrected chi connectivity index (χ3v) is 6.25. The average molecular weight is 371 g/mol. The molecule has 3 fully saturated rings. The highest BCUT2D eigenvalue weighted by Crippen LogP contribution is 2.41. The molecule has 6 nitrogen and oxygen atoms in total. The standard InChI is InChI=1S/C21H29N3O3/c1-21(2,3)24(20(26)27)17-10-15-7-8-16(11-17)23(15)18-9-6-14(12-22-18)19(25)13-4-5-13/h6,9,12-13,15-17H,4-5,7-8,10-11H2,1-3H3,(H,26,27)/t15-,16+,17+. The molecule has 1 aromatic rings. The summed E-state index contributed by atoms with van der Waals surface area (Å²) in [4.78, 5) is 32.7. The number of pyridine rings is 1. The van der Waals surface area contributed by atoms with Crippen LogP contribution in [0.4, 0.5) is 10.6 Å². The van der Waals surface area contributed by atoms with Gasteiger partial charge in [-0.1, -0.05) is 0 Å². The Morgan fingerprint density at radius 2 is 1.74 bits per heavy atom. The molecule has 1 saturated carbocycles. The van der Waals surface area contributed by atoms with Gasteiger partial charge in [-0.2, -0.15) is 0 Å². The molecule has 2 bridgehead atoms.